The fourth-order valence-corrected chi connectivity index (χ4v) is 4.00. The van der Waals surface area contributed by atoms with Crippen LogP contribution in [0.15, 0.2) is 41.3 Å². The van der Waals surface area contributed by atoms with E-state index < -0.39 is 15.8 Å². The quantitative estimate of drug-likeness (QED) is 0.852. The summed E-state index contributed by atoms with van der Waals surface area (Å²) in [5.74, 6) is -0.619. The summed E-state index contributed by atoms with van der Waals surface area (Å²) in [6.45, 7) is 7.76. The van der Waals surface area contributed by atoms with Crippen LogP contribution < -0.4 is 4.72 Å². The molecule has 0 radical (unpaired) electrons. The van der Waals surface area contributed by atoms with Crippen molar-refractivity contribution in [2.45, 2.75) is 38.0 Å². The minimum absolute atomic E-state index is 0.0829. The van der Waals surface area contributed by atoms with Gasteiger partial charge in [-0.15, -0.1) is 0 Å². The summed E-state index contributed by atoms with van der Waals surface area (Å²) in [5, 5.41) is 0.0866. The maximum atomic E-state index is 14.2. The second-order valence-electron chi connectivity index (χ2n) is 6.43. The average molecular weight is 356 g/mol. The molecule has 0 saturated heterocycles. The Morgan fingerprint density at radius 3 is 2.30 bits per heavy atom. The third-order valence-corrected chi connectivity index (χ3v) is 5.36. The van der Waals surface area contributed by atoms with Crippen LogP contribution in [0.2, 0.25) is 5.02 Å². The molecule has 0 heterocycles. The van der Waals surface area contributed by atoms with Gasteiger partial charge in [-0.3, -0.25) is 4.72 Å². The Balaban J connectivity index is 2.50. The predicted molar refractivity (Wildman–Crippen MR) is 92.1 cm³/mol. The zero-order valence-electron chi connectivity index (χ0n) is 13.4. The van der Waals surface area contributed by atoms with Crippen LogP contribution in [0.4, 0.5) is 10.1 Å². The van der Waals surface area contributed by atoms with Crippen LogP contribution >= 0.6 is 11.6 Å². The van der Waals surface area contributed by atoms with Crippen LogP contribution in [-0.2, 0) is 15.4 Å². The topological polar surface area (TPSA) is 46.2 Å². The van der Waals surface area contributed by atoms with Crippen LogP contribution in [0.5, 0.6) is 0 Å². The van der Waals surface area contributed by atoms with Gasteiger partial charge >= 0.3 is 0 Å². The van der Waals surface area contributed by atoms with Crippen LogP contribution in [0.3, 0.4) is 0 Å². The maximum Gasteiger partial charge on any atom is 0.263 e. The predicted octanol–water partition coefficient (Wildman–Crippen LogP) is 4.89. The lowest BCUT2D eigenvalue weighted by Gasteiger charge is -2.23. The van der Waals surface area contributed by atoms with E-state index in [9.17, 15) is 12.8 Å². The van der Waals surface area contributed by atoms with E-state index in [0.29, 0.717) is 0 Å². The van der Waals surface area contributed by atoms with E-state index in [4.69, 9.17) is 11.6 Å². The van der Waals surface area contributed by atoms with Gasteiger partial charge < -0.3 is 0 Å². The van der Waals surface area contributed by atoms with Gasteiger partial charge in [0.15, 0.2) is 0 Å². The van der Waals surface area contributed by atoms with Gasteiger partial charge in [-0.25, -0.2) is 12.8 Å². The number of sulfonamides is 1. The fraction of sp³-hybridized carbons (Fsp3) is 0.294. The molecule has 23 heavy (non-hydrogen) atoms. The Morgan fingerprint density at radius 2 is 1.74 bits per heavy atom. The van der Waals surface area contributed by atoms with Crippen molar-refractivity contribution in [1.82, 2.24) is 0 Å². The van der Waals surface area contributed by atoms with Gasteiger partial charge in [0.1, 0.15) is 10.7 Å². The second kappa shape index (κ2) is 6.13. The molecule has 0 saturated carbocycles. The normalized spacial score (nSPS) is 12.3. The van der Waals surface area contributed by atoms with Crippen LogP contribution in [0.1, 0.15) is 31.9 Å². The third kappa shape index (κ3) is 3.85. The van der Waals surface area contributed by atoms with Gasteiger partial charge in [0.25, 0.3) is 10.0 Å². The Bertz CT molecular complexity index is 842. The molecule has 0 unspecified atom stereocenters. The molecule has 0 spiro atoms. The monoisotopic (exact) mass is 355 g/mol. The molecule has 1 N–H and O–H groups in total. The first-order valence-corrected chi connectivity index (χ1v) is 8.96. The number of hydrogen-bond donors (Lipinski definition) is 1. The van der Waals surface area contributed by atoms with E-state index in [1.54, 1.807) is 25.1 Å². The molecule has 0 aliphatic heterocycles. The SMILES string of the molecule is Cc1cc(F)c(NS(=O)(=O)c2ccccc2Cl)cc1C(C)(C)C. The van der Waals surface area contributed by atoms with Gasteiger partial charge in [0, 0.05) is 0 Å². The van der Waals surface area contributed by atoms with Crippen molar-refractivity contribution < 1.29 is 12.8 Å². The number of anilines is 1. The molecule has 0 aliphatic rings. The highest BCUT2D eigenvalue weighted by molar-refractivity contribution is 7.92. The van der Waals surface area contributed by atoms with E-state index >= 15 is 0 Å². The molecule has 124 valence electrons. The minimum Gasteiger partial charge on any atom is -0.277 e. The Labute approximate surface area is 141 Å². The van der Waals surface area contributed by atoms with Crippen molar-refractivity contribution in [2.24, 2.45) is 0 Å². The zero-order chi connectivity index (χ0) is 17.4. The highest BCUT2D eigenvalue weighted by Gasteiger charge is 2.23. The molecule has 0 aromatic heterocycles. The smallest absolute Gasteiger partial charge is 0.263 e. The zero-order valence-corrected chi connectivity index (χ0v) is 15.0. The van der Waals surface area contributed by atoms with Gasteiger partial charge in [0.2, 0.25) is 0 Å². The number of benzene rings is 2. The molecular weight excluding hydrogens is 337 g/mol. The highest BCUT2D eigenvalue weighted by atomic mass is 35.5. The third-order valence-electron chi connectivity index (χ3n) is 3.49. The molecule has 2 aromatic carbocycles. The number of halogens is 2. The van der Waals surface area contributed by atoms with Crippen LogP contribution in [0.25, 0.3) is 0 Å². The second-order valence-corrected chi connectivity index (χ2v) is 8.49. The van der Waals surface area contributed by atoms with Crippen LogP contribution in [-0.4, -0.2) is 8.42 Å². The number of nitrogens with one attached hydrogen (secondary N) is 1. The standard InChI is InChI=1S/C17H19ClFNO2S/c1-11-9-14(19)15(10-12(11)17(2,3)4)20-23(21,22)16-8-6-5-7-13(16)18/h5-10,20H,1-4H3. The van der Waals surface area contributed by atoms with Gasteiger partial charge in [-0.05, 0) is 47.7 Å². The van der Waals surface area contributed by atoms with E-state index in [1.807, 2.05) is 20.8 Å². The van der Waals surface area contributed by atoms with Gasteiger partial charge in [-0.2, -0.15) is 0 Å². The summed E-state index contributed by atoms with van der Waals surface area (Å²) < 4.78 is 41.4. The minimum atomic E-state index is -3.96. The first-order chi connectivity index (χ1) is 10.5. The highest BCUT2D eigenvalue weighted by Crippen LogP contribution is 2.31. The molecule has 2 rings (SSSR count). The van der Waals surface area contributed by atoms with Crippen molar-refractivity contribution in [3.63, 3.8) is 0 Å². The van der Waals surface area contributed by atoms with Crippen molar-refractivity contribution in [3.05, 3.63) is 58.4 Å². The lowest BCUT2D eigenvalue weighted by Crippen LogP contribution is -2.18. The molecule has 6 heteroatoms. The summed E-state index contributed by atoms with van der Waals surface area (Å²) >= 11 is 5.93. The molecule has 2 aromatic rings. The lowest BCUT2D eigenvalue weighted by atomic mass is 9.84. The first-order valence-electron chi connectivity index (χ1n) is 7.10. The first kappa shape index (κ1) is 17.8. The lowest BCUT2D eigenvalue weighted by molar-refractivity contribution is 0.578. The Kier molecular flexibility index (Phi) is 4.74. The van der Waals surface area contributed by atoms with Crippen molar-refractivity contribution in [3.8, 4) is 0 Å². The van der Waals surface area contributed by atoms with Gasteiger partial charge in [0.05, 0.1) is 10.7 Å². The number of hydrogen-bond acceptors (Lipinski definition) is 2. The van der Waals surface area contributed by atoms with E-state index in [0.717, 1.165) is 11.1 Å². The molecule has 0 atom stereocenters. The Hall–Kier alpha value is -1.59. The largest absolute Gasteiger partial charge is 0.277 e. The number of aryl methyl sites for hydroxylation is 1. The summed E-state index contributed by atoms with van der Waals surface area (Å²) in [5.41, 5.74) is 1.33. The summed E-state index contributed by atoms with van der Waals surface area (Å²) in [6, 6.07) is 8.92. The van der Waals surface area contributed by atoms with Crippen molar-refractivity contribution in [1.29, 1.82) is 0 Å². The number of rotatable bonds is 3. The fourth-order valence-electron chi connectivity index (χ4n) is 2.42. The summed E-state index contributed by atoms with van der Waals surface area (Å²) in [6.07, 6.45) is 0. The molecule has 0 bridgehead atoms. The molecular formula is C17H19ClFNO2S. The molecule has 0 fully saturated rings. The van der Waals surface area contributed by atoms with Crippen LogP contribution in [0, 0.1) is 12.7 Å². The van der Waals surface area contributed by atoms with E-state index in [1.165, 1.54) is 18.2 Å². The van der Waals surface area contributed by atoms with Crippen molar-refractivity contribution >= 4 is 27.3 Å². The summed E-state index contributed by atoms with van der Waals surface area (Å²) in [4.78, 5) is -0.0843. The summed E-state index contributed by atoms with van der Waals surface area (Å²) in [7, 11) is -3.96. The van der Waals surface area contributed by atoms with E-state index in [2.05, 4.69) is 4.72 Å². The Morgan fingerprint density at radius 1 is 1.13 bits per heavy atom. The molecule has 0 aliphatic carbocycles. The van der Waals surface area contributed by atoms with Crippen molar-refractivity contribution in [2.75, 3.05) is 4.72 Å². The maximum absolute atomic E-state index is 14.2. The van der Waals surface area contributed by atoms with E-state index in [-0.39, 0.29) is 21.0 Å². The molecule has 0 amide bonds. The molecule has 3 nitrogen and oxygen atoms in total. The van der Waals surface area contributed by atoms with Gasteiger partial charge in [-0.1, -0.05) is 44.5 Å². The average Bonchev–Trinajstić information content (AvgIpc) is 2.40.